The van der Waals surface area contributed by atoms with Gasteiger partial charge in [-0.05, 0) is 60.3 Å². The molecule has 0 aliphatic carbocycles. The van der Waals surface area contributed by atoms with Crippen LogP contribution in [0.5, 0.6) is 0 Å². The van der Waals surface area contributed by atoms with E-state index >= 15 is 0 Å². The van der Waals surface area contributed by atoms with Crippen LogP contribution in [0.1, 0.15) is 11.1 Å². The van der Waals surface area contributed by atoms with Gasteiger partial charge in [0.15, 0.2) is 0 Å². The zero-order valence-electron chi connectivity index (χ0n) is 18.7. The Morgan fingerprint density at radius 1 is 0.559 bits per heavy atom. The van der Waals surface area contributed by atoms with Gasteiger partial charge in [0.2, 0.25) is 0 Å². The first-order valence-corrected chi connectivity index (χ1v) is 13.1. The maximum absolute atomic E-state index is 6.17. The van der Waals surface area contributed by atoms with Gasteiger partial charge in [-0.3, -0.25) is 0 Å². The average Bonchev–Trinajstić information content (AvgIpc) is 2.89. The van der Waals surface area contributed by atoms with Crippen LogP contribution in [0.2, 0.25) is 5.02 Å². The SMILES string of the molecule is Clc1ccc(Nc2c(Cc3ccccc3)cccc2P(c2ccccc2)c2ccccc2)cc1. The van der Waals surface area contributed by atoms with Crippen molar-refractivity contribution >= 4 is 46.8 Å². The van der Waals surface area contributed by atoms with Gasteiger partial charge in [-0.15, -0.1) is 0 Å². The number of para-hydroxylation sites is 1. The number of rotatable bonds is 7. The lowest BCUT2D eigenvalue weighted by Crippen LogP contribution is -2.23. The van der Waals surface area contributed by atoms with E-state index in [1.54, 1.807) is 0 Å². The van der Waals surface area contributed by atoms with Crippen molar-refractivity contribution in [3.05, 3.63) is 150 Å². The molecule has 0 heterocycles. The Morgan fingerprint density at radius 2 is 1.12 bits per heavy atom. The first-order chi connectivity index (χ1) is 16.8. The molecule has 0 aliphatic heterocycles. The van der Waals surface area contributed by atoms with Crippen molar-refractivity contribution < 1.29 is 0 Å². The van der Waals surface area contributed by atoms with Crippen LogP contribution in [0.4, 0.5) is 11.4 Å². The first kappa shape index (κ1) is 22.4. The fourth-order valence-electron chi connectivity index (χ4n) is 4.14. The summed E-state index contributed by atoms with van der Waals surface area (Å²) in [6.45, 7) is 0. The minimum absolute atomic E-state index is 0.735. The topological polar surface area (TPSA) is 12.0 Å². The number of hydrogen-bond donors (Lipinski definition) is 1. The summed E-state index contributed by atoms with van der Waals surface area (Å²) < 4.78 is 0. The van der Waals surface area contributed by atoms with Gasteiger partial charge in [-0.1, -0.05) is 121 Å². The van der Waals surface area contributed by atoms with E-state index in [2.05, 4.69) is 115 Å². The predicted molar refractivity (Wildman–Crippen MR) is 149 cm³/mol. The minimum atomic E-state index is -0.749. The van der Waals surface area contributed by atoms with E-state index in [1.807, 2.05) is 24.3 Å². The molecule has 1 nitrogen and oxygen atoms in total. The largest absolute Gasteiger partial charge is 0.355 e. The number of halogens is 1. The molecule has 1 N–H and O–H groups in total. The fraction of sp³-hybridized carbons (Fsp3) is 0.0323. The van der Waals surface area contributed by atoms with E-state index < -0.39 is 7.92 Å². The van der Waals surface area contributed by atoms with Crippen LogP contribution in [0.3, 0.4) is 0 Å². The third kappa shape index (κ3) is 5.23. The zero-order chi connectivity index (χ0) is 23.2. The summed E-state index contributed by atoms with van der Waals surface area (Å²) in [5.41, 5.74) is 4.77. The lowest BCUT2D eigenvalue weighted by Gasteiger charge is -2.25. The molecule has 0 saturated carbocycles. The summed E-state index contributed by atoms with van der Waals surface area (Å²) in [4.78, 5) is 0. The van der Waals surface area contributed by atoms with Crippen molar-refractivity contribution in [2.24, 2.45) is 0 Å². The Labute approximate surface area is 207 Å². The molecule has 0 aliphatic rings. The molecule has 3 heteroatoms. The summed E-state index contributed by atoms with van der Waals surface area (Å²) in [7, 11) is -0.749. The molecule has 0 fully saturated rings. The van der Waals surface area contributed by atoms with Gasteiger partial charge >= 0.3 is 0 Å². The van der Waals surface area contributed by atoms with E-state index in [1.165, 1.54) is 32.7 Å². The molecule has 0 spiro atoms. The molecule has 5 aromatic carbocycles. The Hall–Kier alpha value is -3.38. The van der Waals surface area contributed by atoms with E-state index in [0.29, 0.717) is 0 Å². The summed E-state index contributed by atoms with van der Waals surface area (Å²) in [6, 6.07) is 47.0. The molecule has 166 valence electrons. The first-order valence-electron chi connectivity index (χ1n) is 11.4. The molecule has 5 rings (SSSR count). The van der Waals surface area contributed by atoms with Crippen LogP contribution >= 0.6 is 19.5 Å². The lowest BCUT2D eigenvalue weighted by molar-refractivity contribution is 1.20. The van der Waals surface area contributed by atoms with Crippen molar-refractivity contribution in [3.8, 4) is 0 Å². The third-order valence-corrected chi connectivity index (χ3v) is 8.48. The Morgan fingerprint density at radius 3 is 1.71 bits per heavy atom. The van der Waals surface area contributed by atoms with Crippen molar-refractivity contribution in [2.75, 3.05) is 5.32 Å². The molecule has 5 aromatic rings. The van der Waals surface area contributed by atoms with E-state index in [-0.39, 0.29) is 0 Å². The fourth-order valence-corrected chi connectivity index (χ4v) is 6.72. The highest BCUT2D eigenvalue weighted by Crippen LogP contribution is 2.38. The summed E-state index contributed by atoms with van der Waals surface area (Å²) in [5.74, 6) is 0. The van der Waals surface area contributed by atoms with E-state index in [9.17, 15) is 0 Å². The second-order valence-electron chi connectivity index (χ2n) is 8.11. The number of anilines is 2. The second kappa shape index (κ2) is 10.7. The maximum Gasteiger partial charge on any atom is 0.0505 e. The molecule has 34 heavy (non-hydrogen) atoms. The van der Waals surface area contributed by atoms with Gasteiger partial charge in [0.1, 0.15) is 0 Å². The highest BCUT2D eigenvalue weighted by molar-refractivity contribution is 7.80. The van der Waals surface area contributed by atoms with Crippen molar-refractivity contribution in [3.63, 3.8) is 0 Å². The number of nitrogens with one attached hydrogen (secondary N) is 1. The zero-order valence-corrected chi connectivity index (χ0v) is 20.4. The van der Waals surface area contributed by atoms with Crippen molar-refractivity contribution in [1.29, 1.82) is 0 Å². The Kier molecular flexibility index (Phi) is 7.05. The van der Waals surface area contributed by atoms with Crippen molar-refractivity contribution in [2.45, 2.75) is 6.42 Å². The second-order valence-corrected chi connectivity index (χ2v) is 10.7. The Bertz CT molecular complexity index is 1300. The van der Waals surface area contributed by atoms with Gasteiger partial charge < -0.3 is 5.32 Å². The van der Waals surface area contributed by atoms with Crippen LogP contribution in [0.15, 0.2) is 133 Å². The molecule has 0 bridgehead atoms. The van der Waals surface area contributed by atoms with Crippen molar-refractivity contribution in [1.82, 2.24) is 0 Å². The summed E-state index contributed by atoms with van der Waals surface area (Å²) in [6.07, 6.45) is 0.858. The minimum Gasteiger partial charge on any atom is -0.355 e. The molecule has 0 saturated heterocycles. The van der Waals surface area contributed by atoms with Crippen LogP contribution < -0.4 is 21.2 Å². The predicted octanol–water partition coefficient (Wildman–Crippen LogP) is 7.43. The molecule has 0 amide bonds. The van der Waals surface area contributed by atoms with Gasteiger partial charge in [-0.25, -0.2) is 0 Å². The van der Waals surface area contributed by atoms with Gasteiger partial charge in [0, 0.05) is 16.0 Å². The smallest absolute Gasteiger partial charge is 0.0505 e. The number of hydrogen-bond acceptors (Lipinski definition) is 1. The molecular formula is C31H25ClNP. The van der Waals surface area contributed by atoms with Gasteiger partial charge in [0.25, 0.3) is 0 Å². The van der Waals surface area contributed by atoms with Crippen LogP contribution in [0.25, 0.3) is 0 Å². The molecule has 0 aromatic heterocycles. The highest BCUT2D eigenvalue weighted by Gasteiger charge is 2.21. The monoisotopic (exact) mass is 477 g/mol. The molecule has 0 atom stereocenters. The maximum atomic E-state index is 6.17. The summed E-state index contributed by atoms with van der Waals surface area (Å²) in [5, 5.41) is 8.48. The standard InChI is InChI=1S/C31H25ClNP/c32-26-19-21-27(22-20-26)33-31-25(23-24-11-4-1-5-12-24)13-10-18-30(31)34(28-14-6-2-7-15-28)29-16-8-3-9-17-29/h1-22,33H,23H2. The third-order valence-electron chi connectivity index (χ3n) is 5.75. The normalized spacial score (nSPS) is 10.9. The Balaban J connectivity index is 1.68. The van der Waals surface area contributed by atoms with E-state index in [4.69, 9.17) is 11.6 Å². The van der Waals surface area contributed by atoms with Crippen LogP contribution in [0, 0.1) is 0 Å². The quantitative estimate of drug-likeness (QED) is 0.240. The lowest BCUT2D eigenvalue weighted by atomic mass is 10.0. The average molecular weight is 478 g/mol. The van der Waals surface area contributed by atoms with E-state index in [0.717, 1.165) is 17.1 Å². The molecular weight excluding hydrogens is 453 g/mol. The summed E-state index contributed by atoms with van der Waals surface area (Å²) >= 11 is 6.17. The van der Waals surface area contributed by atoms with Gasteiger partial charge in [-0.2, -0.15) is 0 Å². The van der Waals surface area contributed by atoms with Crippen LogP contribution in [-0.4, -0.2) is 0 Å². The highest BCUT2D eigenvalue weighted by atomic mass is 35.5. The molecule has 0 unspecified atom stereocenters. The van der Waals surface area contributed by atoms with Gasteiger partial charge in [0.05, 0.1) is 5.69 Å². The molecule has 0 radical (unpaired) electrons. The van der Waals surface area contributed by atoms with Crippen LogP contribution in [-0.2, 0) is 6.42 Å². The number of benzene rings is 5.